The number of hydrogen-bond donors (Lipinski definition) is 0. The highest BCUT2D eigenvalue weighted by Crippen LogP contribution is 2.37. The molecule has 0 fully saturated rings. The van der Waals surface area contributed by atoms with Crippen molar-refractivity contribution in [3.8, 4) is 17.0 Å². The first-order valence-electron chi connectivity index (χ1n) is 8.81. The Bertz CT molecular complexity index is 956. The van der Waals surface area contributed by atoms with Gasteiger partial charge in [-0.05, 0) is 51.5 Å². The topological polar surface area (TPSA) is 48.7 Å². The van der Waals surface area contributed by atoms with Crippen LogP contribution in [0.5, 0.6) is 5.75 Å². The smallest absolute Gasteiger partial charge is 0.126 e. The molecule has 0 bridgehead atoms. The quantitative estimate of drug-likeness (QED) is 0.582. The Morgan fingerprint density at radius 1 is 1.07 bits per heavy atom. The van der Waals surface area contributed by atoms with Gasteiger partial charge >= 0.3 is 0 Å². The molecular formula is C20H27N3O2P2. The second kappa shape index (κ2) is 7.47. The number of ether oxygens (including phenoxy) is 2. The zero-order valence-electron chi connectivity index (χ0n) is 16.5. The van der Waals surface area contributed by atoms with Gasteiger partial charge in [-0.25, -0.2) is 4.98 Å². The van der Waals surface area contributed by atoms with E-state index in [0.717, 1.165) is 33.9 Å². The SMILES string of the molecule is COCc1cc(OC(C)(C)C)ccc1-c1cn2c(C(C)(P)P)ncc2cn1. The molecule has 0 spiro atoms. The van der Waals surface area contributed by atoms with Crippen LogP contribution in [-0.4, -0.2) is 27.1 Å². The minimum atomic E-state index is -0.253. The van der Waals surface area contributed by atoms with E-state index in [1.807, 2.05) is 57.6 Å². The number of fused-ring (bicyclic) bond motifs is 1. The zero-order valence-corrected chi connectivity index (χ0v) is 18.8. The molecule has 2 aromatic heterocycles. The van der Waals surface area contributed by atoms with Crippen LogP contribution in [0, 0.1) is 0 Å². The Morgan fingerprint density at radius 3 is 2.41 bits per heavy atom. The van der Waals surface area contributed by atoms with Gasteiger partial charge in [-0.3, -0.25) is 9.38 Å². The average Bonchev–Trinajstić information content (AvgIpc) is 2.97. The normalized spacial score (nSPS) is 12.6. The van der Waals surface area contributed by atoms with Crippen LogP contribution in [-0.2, 0) is 16.2 Å². The summed E-state index contributed by atoms with van der Waals surface area (Å²) in [7, 11) is 7.32. The van der Waals surface area contributed by atoms with Gasteiger partial charge in [0.15, 0.2) is 0 Å². The zero-order chi connectivity index (χ0) is 19.8. The minimum Gasteiger partial charge on any atom is -0.488 e. The number of methoxy groups -OCH3 is 1. The van der Waals surface area contributed by atoms with Gasteiger partial charge in [-0.2, -0.15) is 0 Å². The molecule has 0 aliphatic carbocycles. The maximum Gasteiger partial charge on any atom is 0.126 e. The molecule has 5 nitrogen and oxygen atoms in total. The van der Waals surface area contributed by atoms with Gasteiger partial charge in [0, 0.05) is 18.9 Å². The number of nitrogens with zero attached hydrogens (tertiary/aromatic N) is 3. The van der Waals surface area contributed by atoms with E-state index >= 15 is 0 Å². The standard InChI is InChI=1S/C20H27N3O2P2/c1-19(2,3)25-15-6-7-16(13(8-15)12-24-5)17-11-23-14(9-21-17)10-22-18(23)20(4,26)27/h6-11H,12,26-27H2,1-5H3. The molecular weight excluding hydrogens is 376 g/mol. The lowest BCUT2D eigenvalue weighted by molar-refractivity contribution is 0.130. The second-order valence-corrected chi connectivity index (χ2v) is 11.0. The van der Waals surface area contributed by atoms with Crippen molar-refractivity contribution in [1.82, 2.24) is 14.4 Å². The molecule has 2 heterocycles. The van der Waals surface area contributed by atoms with Gasteiger partial charge in [0.1, 0.15) is 17.2 Å². The molecule has 1 aromatic carbocycles. The van der Waals surface area contributed by atoms with Crippen molar-refractivity contribution in [2.45, 2.75) is 44.8 Å². The lowest BCUT2D eigenvalue weighted by atomic mass is 10.0. The first-order chi connectivity index (χ1) is 12.6. The number of hydrogen-bond acceptors (Lipinski definition) is 4. The Labute approximate surface area is 165 Å². The molecule has 7 heteroatoms. The van der Waals surface area contributed by atoms with Crippen LogP contribution in [0.1, 0.15) is 39.1 Å². The predicted octanol–water partition coefficient (Wildman–Crippen LogP) is 4.64. The Morgan fingerprint density at radius 2 is 1.78 bits per heavy atom. The molecule has 3 rings (SSSR count). The van der Waals surface area contributed by atoms with Crippen molar-refractivity contribution >= 4 is 24.0 Å². The van der Waals surface area contributed by atoms with Crippen molar-refractivity contribution < 1.29 is 9.47 Å². The maximum atomic E-state index is 6.00. The molecule has 0 N–H and O–H groups in total. The van der Waals surface area contributed by atoms with E-state index in [1.165, 1.54) is 0 Å². The van der Waals surface area contributed by atoms with Crippen LogP contribution < -0.4 is 4.74 Å². The van der Waals surface area contributed by atoms with Crippen LogP contribution in [0.25, 0.3) is 16.8 Å². The number of rotatable bonds is 5. The minimum absolute atomic E-state index is 0.217. The first kappa shape index (κ1) is 20.2. The number of benzene rings is 1. The summed E-state index contributed by atoms with van der Waals surface area (Å²) in [6.07, 6.45) is 5.72. The average molecular weight is 403 g/mol. The molecule has 0 saturated carbocycles. The molecule has 27 heavy (non-hydrogen) atoms. The summed E-state index contributed by atoms with van der Waals surface area (Å²) < 4.78 is 13.5. The molecule has 0 aliphatic rings. The van der Waals surface area contributed by atoms with Gasteiger partial charge in [-0.15, -0.1) is 18.5 Å². The van der Waals surface area contributed by atoms with Crippen LogP contribution in [0.3, 0.4) is 0 Å². The van der Waals surface area contributed by atoms with E-state index in [2.05, 4.69) is 39.8 Å². The molecule has 0 aliphatic heterocycles. The van der Waals surface area contributed by atoms with E-state index < -0.39 is 0 Å². The predicted molar refractivity (Wildman–Crippen MR) is 116 cm³/mol. The molecule has 3 aromatic rings. The van der Waals surface area contributed by atoms with E-state index in [1.54, 1.807) is 7.11 Å². The van der Waals surface area contributed by atoms with Gasteiger partial charge in [0.2, 0.25) is 0 Å². The molecule has 0 saturated heterocycles. The van der Waals surface area contributed by atoms with Crippen LogP contribution in [0.15, 0.2) is 36.8 Å². The van der Waals surface area contributed by atoms with Crippen molar-refractivity contribution in [3.05, 3.63) is 48.2 Å². The fourth-order valence-electron chi connectivity index (χ4n) is 2.95. The Kier molecular flexibility index (Phi) is 5.59. The first-order valence-corrected chi connectivity index (χ1v) is 9.96. The van der Waals surface area contributed by atoms with Crippen molar-refractivity contribution in [2.24, 2.45) is 0 Å². The van der Waals surface area contributed by atoms with Crippen LogP contribution in [0.2, 0.25) is 0 Å². The number of imidazole rings is 1. The molecule has 2 atom stereocenters. The monoisotopic (exact) mass is 403 g/mol. The van der Waals surface area contributed by atoms with Crippen molar-refractivity contribution in [1.29, 1.82) is 0 Å². The second-order valence-electron chi connectivity index (χ2n) is 7.90. The van der Waals surface area contributed by atoms with E-state index in [-0.39, 0.29) is 10.5 Å². The lowest BCUT2D eigenvalue weighted by Gasteiger charge is -2.22. The summed E-state index contributed by atoms with van der Waals surface area (Å²) in [4.78, 5) is 8.98. The highest BCUT2D eigenvalue weighted by atomic mass is 31.1. The Hall–Kier alpha value is -1.54. The third kappa shape index (κ3) is 4.66. The fourth-order valence-corrected chi connectivity index (χ4v) is 3.37. The summed E-state index contributed by atoms with van der Waals surface area (Å²) in [5.41, 5.74) is 3.64. The maximum absolute atomic E-state index is 6.00. The van der Waals surface area contributed by atoms with Crippen molar-refractivity contribution in [3.63, 3.8) is 0 Å². The highest BCUT2D eigenvalue weighted by Gasteiger charge is 2.21. The van der Waals surface area contributed by atoms with E-state index in [9.17, 15) is 0 Å². The lowest BCUT2D eigenvalue weighted by Crippen LogP contribution is -2.23. The fraction of sp³-hybridized carbons (Fsp3) is 0.400. The van der Waals surface area contributed by atoms with Gasteiger partial charge in [-0.1, -0.05) is 0 Å². The number of aromatic nitrogens is 3. The molecule has 2 unspecified atom stereocenters. The molecule has 144 valence electrons. The van der Waals surface area contributed by atoms with Gasteiger partial charge in [0.05, 0.1) is 35.1 Å². The summed E-state index contributed by atoms with van der Waals surface area (Å²) in [6, 6.07) is 6.05. The van der Waals surface area contributed by atoms with E-state index in [0.29, 0.717) is 6.61 Å². The molecule has 0 radical (unpaired) electrons. The third-order valence-corrected chi connectivity index (χ3v) is 4.49. The molecule has 0 amide bonds. The summed E-state index contributed by atoms with van der Waals surface area (Å²) in [6.45, 7) is 8.69. The van der Waals surface area contributed by atoms with Crippen LogP contribution >= 0.6 is 18.5 Å². The van der Waals surface area contributed by atoms with Crippen molar-refractivity contribution in [2.75, 3.05) is 7.11 Å². The van der Waals surface area contributed by atoms with Gasteiger partial charge < -0.3 is 9.47 Å². The van der Waals surface area contributed by atoms with Gasteiger partial charge in [0.25, 0.3) is 0 Å². The van der Waals surface area contributed by atoms with Crippen LogP contribution in [0.4, 0.5) is 0 Å². The summed E-state index contributed by atoms with van der Waals surface area (Å²) >= 11 is 0. The summed E-state index contributed by atoms with van der Waals surface area (Å²) in [5.74, 6) is 1.77. The van der Waals surface area contributed by atoms with E-state index in [4.69, 9.17) is 9.47 Å². The summed E-state index contributed by atoms with van der Waals surface area (Å²) in [5, 5.41) is 0. The largest absolute Gasteiger partial charge is 0.488 e. The Balaban J connectivity index is 2.09. The third-order valence-electron chi connectivity index (χ3n) is 3.97. The highest BCUT2D eigenvalue weighted by molar-refractivity contribution is 7.38.